The van der Waals surface area contributed by atoms with Crippen LogP contribution >= 0.6 is 27.3 Å². The zero-order valence-electron chi connectivity index (χ0n) is 11.2. The molecule has 0 fully saturated rings. The Balaban J connectivity index is 1.90. The minimum Gasteiger partial charge on any atom is -0.398 e. The van der Waals surface area contributed by atoms with Crippen molar-refractivity contribution in [3.63, 3.8) is 0 Å². The quantitative estimate of drug-likeness (QED) is 0.672. The molecule has 0 saturated carbocycles. The first-order valence-corrected chi connectivity index (χ1v) is 7.87. The summed E-state index contributed by atoms with van der Waals surface area (Å²) in [4.78, 5) is 16.7. The Kier molecular flexibility index (Phi) is 3.65. The van der Waals surface area contributed by atoms with E-state index < -0.39 is 0 Å². The molecule has 3 rings (SSSR count). The number of hydrogen-bond donors (Lipinski definition) is 2. The minimum absolute atomic E-state index is 0.260. The number of amides is 1. The van der Waals surface area contributed by atoms with Gasteiger partial charge < -0.3 is 5.73 Å². The number of carbonyl (C=O) groups excluding carboxylic acids is 1. The maximum atomic E-state index is 12.3. The predicted octanol–water partition coefficient (Wildman–Crippen LogP) is 4.20. The minimum atomic E-state index is -0.260. The Morgan fingerprint density at radius 2 is 2.10 bits per heavy atom. The molecule has 106 valence electrons. The van der Waals surface area contributed by atoms with E-state index in [1.54, 1.807) is 18.2 Å². The zero-order valence-corrected chi connectivity index (χ0v) is 13.6. The Morgan fingerprint density at radius 1 is 1.29 bits per heavy atom. The highest BCUT2D eigenvalue weighted by atomic mass is 79.9. The number of halogens is 1. The summed E-state index contributed by atoms with van der Waals surface area (Å²) in [5.74, 6) is -0.260. The molecule has 3 N–H and O–H groups in total. The molecule has 0 radical (unpaired) electrons. The molecular weight excluding hydrogens is 350 g/mol. The van der Waals surface area contributed by atoms with Crippen molar-refractivity contribution in [3.8, 4) is 0 Å². The van der Waals surface area contributed by atoms with Crippen LogP contribution in [-0.4, -0.2) is 10.9 Å². The number of fused-ring (bicyclic) bond motifs is 1. The van der Waals surface area contributed by atoms with Crippen molar-refractivity contribution < 1.29 is 4.79 Å². The summed E-state index contributed by atoms with van der Waals surface area (Å²) < 4.78 is 1.86. The Labute approximate surface area is 134 Å². The van der Waals surface area contributed by atoms with E-state index in [-0.39, 0.29) is 5.91 Å². The maximum Gasteiger partial charge on any atom is 0.259 e. The van der Waals surface area contributed by atoms with Crippen molar-refractivity contribution in [3.05, 3.63) is 52.0 Å². The number of carbonyl (C=O) groups is 1. The summed E-state index contributed by atoms with van der Waals surface area (Å²) in [5.41, 5.74) is 8.75. The number of aryl methyl sites for hydroxylation is 1. The molecule has 0 unspecified atom stereocenters. The van der Waals surface area contributed by atoms with Gasteiger partial charge in [0.1, 0.15) is 0 Å². The Morgan fingerprint density at radius 3 is 2.90 bits per heavy atom. The van der Waals surface area contributed by atoms with E-state index in [9.17, 15) is 4.79 Å². The lowest BCUT2D eigenvalue weighted by atomic mass is 10.2. The number of anilines is 2. The van der Waals surface area contributed by atoms with Gasteiger partial charge in [-0.3, -0.25) is 10.1 Å². The first-order valence-electron chi connectivity index (χ1n) is 6.26. The lowest BCUT2D eigenvalue weighted by Gasteiger charge is -2.05. The van der Waals surface area contributed by atoms with Gasteiger partial charge in [0.2, 0.25) is 0 Å². The van der Waals surface area contributed by atoms with Gasteiger partial charge in [0.15, 0.2) is 5.13 Å². The van der Waals surface area contributed by atoms with Crippen LogP contribution in [0, 0.1) is 6.92 Å². The lowest BCUT2D eigenvalue weighted by Crippen LogP contribution is -2.13. The molecule has 1 aromatic heterocycles. The van der Waals surface area contributed by atoms with Gasteiger partial charge in [-0.2, -0.15) is 0 Å². The number of nitrogens with one attached hydrogen (secondary N) is 1. The SMILES string of the molecule is Cc1ccc2nc(NC(=O)c3cc(Br)ccc3N)sc2c1. The first kappa shape index (κ1) is 14.0. The van der Waals surface area contributed by atoms with Crippen LogP contribution < -0.4 is 11.1 Å². The number of aromatic nitrogens is 1. The van der Waals surface area contributed by atoms with E-state index >= 15 is 0 Å². The molecule has 0 aliphatic carbocycles. The molecule has 0 spiro atoms. The fraction of sp³-hybridized carbons (Fsp3) is 0.0667. The molecular formula is C15H12BrN3OS. The molecule has 1 heterocycles. The number of nitrogen functional groups attached to an aromatic ring is 1. The predicted molar refractivity (Wildman–Crippen MR) is 90.9 cm³/mol. The second-order valence-corrected chi connectivity index (χ2v) is 6.62. The number of rotatable bonds is 2. The largest absolute Gasteiger partial charge is 0.398 e. The van der Waals surface area contributed by atoms with Crippen LogP contribution in [0.5, 0.6) is 0 Å². The fourth-order valence-corrected chi connectivity index (χ4v) is 3.30. The highest BCUT2D eigenvalue weighted by molar-refractivity contribution is 9.10. The highest BCUT2D eigenvalue weighted by Crippen LogP contribution is 2.27. The molecule has 0 bridgehead atoms. The van der Waals surface area contributed by atoms with Gasteiger partial charge in [-0.25, -0.2) is 4.98 Å². The summed E-state index contributed by atoms with van der Waals surface area (Å²) in [6.07, 6.45) is 0. The standard InChI is InChI=1S/C15H12BrN3OS/c1-8-2-5-12-13(6-8)21-15(18-12)19-14(20)10-7-9(16)3-4-11(10)17/h2-7H,17H2,1H3,(H,18,19,20). The van der Waals surface area contributed by atoms with Gasteiger partial charge in [0, 0.05) is 10.2 Å². The number of benzene rings is 2. The molecule has 0 atom stereocenters. The normalized spacial score (nSPS) is 10.8. The molecule has 0 aliphatic heterocycles. The summed E-state index contributed by atoms with van der Waals surface area (Å²) in [7, 11) is 0. The summed E-state index contributed by atoms with van der Waals surface area (Å²) in [6, 6.07) is 11.2. The molecule has 0 aliphatic rings. The van der Waals surface area contributed by atoms with E-state index in [4.69, 9.17) is 5.73 Å². The maximum absolute atomic E-state index is 12.3. The molecule has 4 nitrogen and oxygen atoms in total. The third kappa shape index (κ3) is 2.91. The van der Waals surface area contributed by atoms with E-state index in [0.29, 0.717) is 16.4 Å². The van der Waals surface area contributed by atoms with Crippen LogP contribution in [0.1, 0.15) is 15.9 Å². The lowest BCUT2D eigenvalue weighted by molar-refractivity contribution is 0.102. The molecule has 3 aromatic rings. The van der Waals surface area contributed by atoms with E-state index in [1.807, 2.05) is 19.1 Å². The Hall–Kier alpha value is -1.92. The average molecular weight is 362 g/mol. The monoisotopic (exact) mass is 361 g/mol. The first-order chi connectivity index (χ1) is 10.0. The van der Waals surface area contributed by atoms with Gasteiger partial charge >= 0.3 is 0 Å². The topological polar surface area (TPSA) is 68.0 Å². The summed E-state index contributed by atoms with van der Waals surface area (Å²) in [6.45, 7) is 2.03. The van der Waals surface area contributed by atoms with Crippen LogP contribution in [0.25, 0.3) is 10.2 Å². The molecule has 0 saturated heterocycles. The van der Waals surface area contributed by atoms with Crippen molar-refractivity contribution in [1.82, 2.24) is 4.98 Å². The van der Waals surface area contributed by atoms with E-state index in [1.165, 1.54) is 16.9 Å². The number of nitrogens with two attached hydrogens (primary N) is 1. The molecule has 6 heteroatoms. The van der Waals surface area contributed by atoms with Crippen molar-refractivity contribution >= 4 is 54.2 Å². The number of thiazole rings is 1. The van der Waals surface area contributed by atoms with Crippen molar-refractivity contribution in [2.24, 2.45) is 0 Å². The van der Waals surface area contributed by atoms with Crippen molar-refractivity contribution in [1.29, 1.82) is 0 Å². The van der Waals surface area contributed by atoms with Crippen LogP contribution in [0.2, 0.25) is 0 Å². The van der Waals surface area contributed by atoms with E-state index in [0.717, 1.165) is 14.7 Å². The van der Waals surface area contributed by atoms with Gasteiger partial charge in [0.05, 0.1) is 15.8 Å². The molecule has 21 heavy (non-hydrogen) atoms. The molecule has 2 aromatic carbocycles. The van der Waals surface area contributed by atoms with Crippen LogP contribution in [0.15, 0.2) is 40.9 Å². The third-order valence-corrected chi connectivity index (χ3v) is 4.45. The second kappa shape index (κ2) is 5.46. The fourth-order valence-electron chi connectivity index (χ4n) is 1.97. The van der Waals surface area contributed by atoms with Gasteiger partial charge in [-0.05, 0) is 42.8 Å². The summed E-state index contributed by atoms with van der Waals surface area (Å²) in [5, 5.41) is 3.37. The second-order valence-electron chi connectivity index (χ2n) is 4.68. The highest BCUT2D eigenvalue weighted by Gasteiger charge is 2.13. The van der Waals surface area contributed by atoms with E-state index in [2.05, 4.69) is 32.3 Å². The van der Waals surface area contributed by atoms with Crippen LogP contribution in [0.3, 0.4) is 0 Å². The number of hydrogen-bond acceptors (Lipinski definition) is 4. The van der Waals surface area contributed by atoms with Crippen molar-refractivity contribution in [2.45, 2.75) is 6.92 Å². The van der Waals surface area contributed by atoms with Gasteiger partial charge in [-0.1, -0.05) is 33.3 Å². The third-order valence-electron chi connectivity index (χ3n) is 3.02. The molecule has 1 amide bonds. The number of nitrogens with zero attached hydrogens (tertiary/aromatic N) is 1. The summed E-state index contributed by atoms with van der Waals surface area (Å²) >= 11 is 4.79. The van der Waals surface area contributed by atoms with Gasteiger partial charge in [-0.15, -0.1) is 0 Å². The van der Waals surface area contributed by atoms with Crippen LogP contribution in [0.4, 0.5) is 10.8 Å². The zero-order chi connectivity index (χ0) is 15.0. The average Bonchev–Trinajstić information content (AvgIpc) is 2.82. The van der Waals surface area contributed by atoms with Crippen molar-refractivity contribution in [2.75, 3.05) is 11.1 Å². The van der Waals surface area contributed by atoms with Gasteiger partial charge in [0.25, 0.3) is 5.91 Å². The Bertz CT molecular complexity index is 844. The van der Waals surface area contributed by atoms with Crippen LogP contribution in [-0.2, 0) is 0 Å². The smallest absolute Gasteiger partial charge is 0.259 e.